The third kappa shape index (κ3) is 1.90. The molecular formula is C12H10N4S. The zero-order valence-corrected chi connectivity index (χ0v) is 10.0. The maximum atomic E-state index is 9.23. The SMILES string of the molecule is CN/C(=C\C=N)c1sc2ncccc2c1C#N. The van der Waals surface area contributed by atoms with Crippen LogP contribution in [0.2, 0.25) is 0 Å². The lowest BCUT2D eigenvalue weighted by Crippen LogP contribution is -2.04. The Kier molecular flexibility index (Phi) is 3.17. The van der Waals surface area contributed by atoms with Crippen molar-refractivity contribution in [1.82, 2.24) is 10.3 Å². The first-order chi connectivity index (χ1) is 8.31. The van der Waals surface area contributed by atoms with Gasteiger partial charge >= 0.3 is 0 Å². The number of fused-ring (bicyclic) bond motifs is 1. The highest BCUT2D eigenvalue weighted by molar-refractivity contribution is 7.19. The van der Waals surface area contributed by atoms with Gasteiger partial charge in [0.2, 0.25) is 0 Å². The smallest absolute Gasteiger partial charge is 0.125 e. The van der Waals surface area contributed by atoms with Crippen molar-refractivity contribution in [3.63, 3.8) is 0 Å². The molecule has 0 aliphatic rings. The highest BCUT2D eigenvalue weighted by Gasteiger charge is 2.14. The molecule has 4 nitrogen and oxygen atoms in total. The number of hydrogen-bond acceptors (Lipinski definition) is 5. The van der Waals surface area contributed by atoms with E-state index < -0.39 is 0 Å². The second-order valence-electron chi connectivity index (χ2n) is 3.27. The molecule has 0 fully saturated rings. The van der Waals surface area contributed by atoms with Crippen LogP contribution in [0.15, 0.2) is 24.4 Å². The van der Waals surface area contributed by atoms with Gasteiger partial charge in [-0.2, -0.15) is 5.26 Å². The molecule has 0 radical (unpaired) electrons. The number of rotatable bonds is 3. The summed E-state index contributed by atoms with van der Waals surface area (Å²) in [6, 6.07) is 5.91. The zero-order chi connectivity index (χ0) is 12.3. The van der Waals surface area contributed by atoms with E-state index in [-0.39, 0.29) is 0 Å². The Bertz CT molecular complexity index is 633. The van der Waals surface area contributed by atoms with Gasteiger partial charge in [-0.05, 0) is 18.2 Å². The van der Waals surface area contributed by atoms with Gasteiger partial charge in [0.05, 0.1) is 16.1 Å². The number of nitrogens with zero attached hydrogens (tertiary/aromatic N) is 2. The van der Waals surface area contributed by atoms with E-state index in [1.165, 1.54) is 17.6 Å². The predicted octanol–water partition coefficient (Wildman–Crippen LogP) is 2.38. The summed E-state index contributed by atoms with van der Waals surface area (Å²) in [6.45, 7) is 0. The molecule has 5 heteroatoms. The fourth-order valence-corrected chi connectivity index (χ4v) is 2.71. The van der Waals surface area contributed by atoms with Gasteiger partial charge in [-0.3, -0.25) is 0 Å². The topological polar surface area (TPSA) is 72.6 Å². The number of aromatic nitrogens is 1. The summed E-state index contributed by atoms with van der Waals surface area (Å²) in [7, 11) is 1.77. The highest BCUT2D eigenvalue weighted by atomic mass is 32.1. The highest BCUT2D eigenvalue weighted by Crippen LogP contribution is 2.32. The first-order valence-electron chi connectivity index (χ1n) is 4.98. The molecule has 2 aromatic heterocycles. The van der Waals surface area contributed by atoms with E-state index in [0.29, 0.717) is 5.56 Å². The third-order valence-corrected chi connectivity index (χ3v) is 3.49. The number of nitrogens with one attached hydrogen (secondary N) is 2. The minimum Gasteiger partial charge on any atom is -0.387 e. The lowest BCUT2D eigenvalue weighted by molar-refractivity contribution is 1.14. The summed E-state index contributed by atoms with van der Waals surface area (Å²) in [5.74, 6) is 0. The van der Waals surface area contributed by atoms with Crippen LogP contribution in [-0.4, -0.2) is 18.2 Å². The first-order valence-corrected chi connectivity index (χ1v) is 5.80. The molecule has 2 rings (SSSR count). The summed E-state index contributed by atoms with van der Waals surface area (Å²) in [5.41, 5.74) is 1.38. The molecule has 17 heavy (non-hydrogen) atoms. The van der Waals surface area contributed by atoms with Gasteiger partial charge in [-0.1, -0.05) is 0 Å². The van der Waals surface area contributed by atoms with Gasteiger partial charge in [0.1, 0.15) is 10.9 Å². The molecule has 84 valence electrons. The first kappa shape index (κ1) is 11.3. The minimum absolute atomic E-state index is 0.612. The standard InChI is InChI=1S/C12H10N4S/c1-15-10(4-5-13)11-9(7-14)8-3-2-6-16-12(8)17-11/h2-6,13,15H,1H3/b10-4-,13-5?. The van der Waals surface area contributed by atoms with Crippen molar-refractivity contribution in [2.75, 3.05) is 7.05 Å². The lowest BCUT2D eigenvalue weighted by Gasteiger charge is -2.02. The molecule has 0 atom stereocenters. The molecular weight excluding hydrogens is 232 g/mol. The van der Waals surface area contributed by atoms with Crippen LogP contribution in [0.4, 0.5) is 0 Å². The summed E-state index contributed by atoms with van der Waals surface area (Å²) in [4.78, 5) is 5.91. The monoisotopic (exact) mass is 242 g/mol. The van der Waals surface area contributed by atoms with Crippen LogP contribution in [0, 0.1) is 16.7 Å². The van der Waals surface area contributed by atoms with Crippen molar-refractivity contribution >= 4 is 33.5 Å². The van der Waals surface area contributed by atoms with Gasteiger partial charge in [-0.25, -0.2) is 4.98 Å². The quantitative estimate of drug-likeness (QED) is 0.811. The Morgan fingerprint density at radius 3 is 3.12 bits per heavy atom. The lowest BCUT2D eigenvalue weighted by atomic mass is 10.1. The van der Waals surface area contributed by atoms with Crippen LogP contribution in [0.5, 0.6) is 0 Å². The Morgan fingerprint density at radius 1 is 1.65 bits per heavy atom. The van der Waals surface area contributed by atoms with Crippen molar-refractivity contribution in [2.24, 2.45) is 0 Å². The van der Waals surface area contributed by atoms with E-state index in [2.05, 4.69) is 16.4 Å². The average Bonchev–Trinajstić information content (AvgIpc) is 2.74. The number of thiophene rings is 1. The predicted molar refractivity (Wildman–Crippen MR) is 70.2 cm³/mol. The summed E-state index contributed by atoms with van der Waals surface area (Å²) < 4.78 is 0. The molecule has 2 aromatic rings. The van der Waals surface area contributed by atoms with Crippen LogP contribution < -0.4 is 5.32 Å². The largest absolute Gasteiger partial charge is 0.387 e. The maximum Gasteiger partial charge on any atom is 0.125 e. The summed E-state index contributed by atoms with van der Waals surface area (Å²) in [6.07, 6.45) is 4.54. The van der Waals surface area contributed by atoms with E-state index in [4.69, 9.17) is 5.41 Å². The number of nitriles is 1. The molecule has 0 saturated heterocycles. The van der Waals surface area contributed by atoms with Gasteiger partial charge in [0.25, 0.3) is 0 Å². The summed E-state index contributed by atoms with van der Waals surface area (Å²) in [5, 5.41) is 20.2. The molecule has 0 aliphatic heterocycles. The average molecular weight is 242 g/mol. The molecule has 0 aliphatic carbocycles. The molecule has 0 unspecified atom stereocenters. The number of allylic oxidation sites excluding steroid dienone is 1. The van der Waals surface area contributed by atoms with E-state index in [0.717, 1.165) is 20.8 Å². The van der Waals surface area contributed by atoms with Gasteiger partial charge < -0.3 is 10.7 Å². The Balaban J connectivity index is 2.74. The van der Waals surface area contributed by atoms with Gasteiger partial charge in [-0.15, -0.1) is 11.3 Å². The van der Waals surface area contributed by atoms with Crippen LogP contribution in [-0.2, 0) is 0 Å². The molecule has 0 saturated carbocycles. The Labute approximate surface area is 103 Å². The van der Waals surface area contributed by atoms with E-state index in [1.807, 2.05) is 12.1 Å². The van der Waals surface area contributed by atoms with Gasteiger partial charge in [0.15, 0.2) is 0 Å². The van der Waals surface area contributed by atoms with E-state index in [9.17, 15) is 5.26 Å². The van der Waals surface area contributed by atoms with Crippen molar-refractivity contribution in [3.8, 4) is 6.07 Å². The van der Waals surface area contributed by atoms with Crippen LogP contribution in [0.25, 0.3) is 15.9 Å². The van der Waals surface area contributed by atoms with Crippen molar-refractivity contribution < 1.29 is 0 Å². The summed E-state index contributed by atoms with van der Waals surface area (Å²) >= 11 is 1.45. The van der Waals surface area contributed by atoms with Crippen LogP contribution in [0.3, 0.4) is 0 Å². The van der Waals surface area contributed by atoms with Crippen LogP contribution >= 0.6 is 11.3 Å². The molecule has 0 amide bonds. The Hall–Kier alpha value is -2.19. The minimum atomic E-state index is 0.612. The molecule has 0 spiro atoms. The zero-order valence-electron chi connectivity index (χ0n) is 9.19. The van der Waals surface area contributed by atoms with Crippen molar-refractivity contribution in [1.29, 1.82) is 10.7 Å². The number of hydrogen-bond donors (Lipinski definition) is 2. The second kappa shape index (κ2) is 4.76. The molecule has 2 N–H and O–H groups in total. The third-order valence-electron chi connectivity index (χ3n) is 2.34. The van der Waals surface area contributed by atoms with E-state index in [1.54, 1.807) is 19.3 Å². The second-order valence-corrected chi connectivity index (χ2v) is 4.27. The van der Waals surface area contributed by atoms with E-state index >= 15 is 0 Å². The van der Waals surface area contributed by atoms with Crippen molar-refractivity contribution in [3.05, 3.63) is 34.8 Å². The van der Waals surface area contributed by atoms with Crippen molar-refractivity contribution in [2.45, 2.75) is 0 Å². The molecule has 0 aromatic carbocycles. The molecule has 0 bridgehead atoms. The Morgan fingerprint density at radius 2 is 2.47 bits per heavy atom. The van der Waals surface area contributed by atoms with Crippen LogP contribution in [0.1, 0.15) is 10.4 Å². The maximum absolute atomic E-state index is 9.23. The van der Waals surface area contributed by atoms with Gasteiger partial charge in [0, 0.05) is 24.8 Å². The molecule has 2 heterocycles. The number of pyridine rings is 1. The fourth-order valence-electron chi connectivity index (χ4n) is 1.59. The normalized spacial score (nSPS) is 11.2. The fraction of sp³-hybridized carbons (Fsp3) is 0.0833.